The van der Waals surface area contributed by atoms with Gasteiger partial charge in [-0.2, -0.15) is 0 Å². The fourth-order valence-electron chi connectivity index (χ4n) is 3.95. The zero-order chi connectivity index (χ0) is 22.5. The molecule has 0 saturated heterocycles. The third-order valence-electron chi connectivity index (χ3n) is 5.69. The van der Waals surface area contributed by atoms with Crippen LogP contribution in [0, 0.1) is 13.8 Å². The first-order chi connectivity index (χ1) is 15.5. The molecule has 1 amide bonds. The van der Waals surface area contributed by atoms with E-state index in [1.165, 1.54) is 0 Å². The van der Waals surface area contributed by atoms with Crippen molar-refractivity contribution in [3.05, 3.63) is 95.3 Å². The van der Waals surface area contributed by atoms with Gasteiger partial charge in [0.1, 0.15) is 11.6 Å². The Morgan fingerprint density at radius 1 is 0.969 bits per heavy atom. The van der Waals surface area contributed by atoms with Crippen LogP contribution >= 0.6 is 0 Å². The Hall–Kier alpha value is -3.60. The molecule has 5 heteroatoms. The molecule has 3 aromatic carbocycles. The molecule has 0 bridgehead atoms. The van der Waals surface area contributed by atoms with Crippen molar-refractivity contribution in [1.82, 2.24) is 14.9 Å². The summed E-state index contributed by atoms with van der Waals surface area (Å²) >= 11 is 0. The van der Waals surface area contributed by atoms with Crippen molar-refractivity contribution in [3.63, 3.8) is 0 Å². The van der Waals surface area contributed by atoms with Crippen LogP contribution in [0.1, 0.15) is 46.7 Å². The highest BCUT2D eigenvalue weighted by molar-refractivity contribution is 5.95. The third kappa shape index (κ3) is 4.67. The van der Waals surface area contributed by atoms with Crippen LogP contribution in [0.4, 0.5) is 0 Å². The van der Waals surface area contributed by atoms with Crippen LogP contribution in [0.5, 0.6) is 5.75 Å². The molecule has 0 aliphatic carbocycles. The van der Waals surface area contributed by atoms with Gasteiger partial charge in [-0.1, -0.05) is 48.5 Å². The maximum absolute atomic E-state index is 12.9. The van der Waals surface area contributed by atoms with Crippen LogP contribution in [-0.2, 0) is 6.54 Å². The van der Waals surface area contributed by atoms with Crippen LogP contribution in [0.2, 0.25) is 0 Å². The Bertz CT molecular complexity index is 1230. The second-order valence-electron chi connectivity index (χ2n) is 8.09. The van der Waals surface area contributed by atoms with Gasteiger partial charge in [-0.25, -0.2) is 4.98 Å². The van der Waals surface area contributed by atoms with Gasteiger partial charge in [-0.05, 0) is 62.6 Å². The predicted octanol–water partition coefficient (Wildman–Crippen LogP) is 5.61. The Kier molecular flexibility index (Phi) is 6.55. The zero-order valence-corrected chi connectivity index (χ0v) is 18.8. The Morgan fingerprint density at radius 3 is 2.44 bits per heavy atom. The number of para-hydroxylation sites is 3. The second-order valence-corrected chi connectivity index (χ2v) is 8.09. The molecule has 4 rings (SSSR count). The van der Waals surface area contributed by atoms with Crippen molar-refractivity contribution < 1.29 is 9.53 Å². The van der Waals surface area contributed by atoms with E-state index in [2.05, 4.69) is 28.9 Å². The fourth-order valence-corrected chi connectivity index (χ4v) is 3.95. The van der Waals surface area contributed by atoms with E-state index in [-0.39, 0.29) is 11.9 Å². The van der Waals surface area contributed by atoms with Gasteiger partial charge in [0, 0.05) is 12.1 Å². The van der Waals surface area contributed by atoms with E-state index < -0.39 is 0 Å². The minimum Gasteiger partial charge on any atom is -0.493 e. The van der Waals surface area contributed by atoms with E-state index in [0.717, 1.165) is 46.7 Å². The van der Waals surface area contributed by atoms with E-state index in [0.29, 0.717) is 12.2 Å². The van der Waals surface area contributed by atoms with Crippen molar-refractivity contribution in [2.75, 3.05) is 6.61 Å². The first kappa shape index (κ1) is 21.6. The first-order valence-electron chi connectivity index (χ1n) is 11.0. The topological polar surface area (TPSA) is 56.1 Å². The highest BCUT2D eigenvalue weighted by atomic mass is 16.5. The average molecular weight is 428 g/mol. The van der Waals surface area contributed by atoms with E-state index in [4.69, 9.17) is 9.72 Å². The smallest absolute Gasteiger partial charge is 0.252 e. The van der Waals surface area contributed by atoms with Gasteiger partial charge in [-0.3, -0.25) is 4.79 Å². The first-order valence-corrected chi connectivity index (χ1v) is 11.0. The van der Waals surface area contributed by atoms with Crippen molar-refractivity contribution in [2.24, 2.45) is 0 Å². The predicted molar refractivity (Wildman–Crippen MR) is 128 cm³/mol. The Balaban J connectivity index is 1.50. The normalized spacial score (nSPS) is 12.0. The number of aryl methyl sites for hydroxylation is 3. The highest BCUT2D eigenvalue weighted by Gasteiger charge is 2.19. The monoisotopic (exact) mass is 427 g/mol. The molecular weight excluding hydrogens is 398 g/mol. The molecule has 0 spiro atoms. The maximum atomic E-state index is 12.9. The quantitative estimate of drug-likeness (QED) is 0.372. The van der Waals surface area contributed by atoms with Crippen molar-refractivity contribution >= 4 is 16.9 Å². The molecule has 0 fully saturated rings. The molecule has 0 radical (unpaired) electrons. The SMILES string of the molecule is Cc1ccccc1OCCCn1c(C(C)NC(=O)c2ccccc2C)nc2ccccc21. The summed E-state index contributed by atoms with van der Waals surface area (Å²) in [4.78, 5) is 17.7. The summed E-state index contributed by atoms with van der Waals surface area (Å²) < 4.78 is 8.17. The molecule has 5 nitrogen and oxygen atoms in total. The Morgan fingerprint density at radius 2 is 1.66 bits per heavy atom. The molecule has 164 valence electrons. The third-order valence-corrected chi connectivity index (χ3v) is 5.69. The fraction of sp³-hybridized carbons (Fsp3) is 0.259. The van der Waals surface area contributed by atoms with Gasteiger partial charge >= 0.3 is 0 Å². The minimum absolute atomic E-state index is 0.0860. The summed E-state index contributed by atoms with van der Waals surface area (Å²) in [6.45, 7) is 7.35. The molecule has 1 aromatic heterocycles. The number of imidazole rings is 1. The molecule has 0 aliphatic heterocycles. The van der Waals surface area contributed by atoms with Gasteiger partial charge in [0.15, 0.2) is 0 Å². The standard InChI is InChI=1S/C27H29N3O2/c1-19-11-4-6-13-22(19)27(31)28-21(3)26-29-23-14-7-8-15-24(23)30(26)17-10-18-32-25-16-9-5-12-20(25)2/h4-9,11-16,21H,10,17-18H2,1-3H3,(H,28,31). The lowest BCUT2D eigenvalue weighted by Gasteiger charge is -2.17. The number of hydrogen-bond acceptors (Lipinski definition) is 3. The van der Waals surface area contributed by atoms with Gasteiger partial charge < -0.3 is 14.6 Å². The molecule has 0 saturated carbocycles. The van der Waals surface area contributed by atoms with E-state index in [1.807, 2.05) is 74.5 Å². The lowest BCUT2D eigenvalue weighted by atomic mass is 10.1. The number of nitrogens with one attached hydrogen (secondary N) is 1. The lowest BCUT2D eigenvalue weighted by Crippen LogP contribution is -2.29. The van der Waals surface area contributed by atoms with Crippen LogP contribution < -0.4 is 10.1 Å². The number of benzene rings is 3. The lowest BCUT2D eigenvalue weighted by molar-refractivity contribution is 0.0937. The number of carbonyl (C=O) groups is 1. The van der Waals surface area contributed by atoms with Gasteiger partial charge in [-0.15, -0.1) is 0 Å². The van der Waals surface area contributed by atoms with Crippen LogP contribution in [0.15, 0.2) is 72.8 Å². The second kappa shape index (κ2) is 9.69. The van der Waals surface area contributed by atoms with Gasteiger partial charge in [0.05, 0.1) is 23.7 Å². The molecule has 0 aliphatic rings. The number of carbonyl (C=O) groups excluding carboxylic acids is 1. The molecule has 1 heterocycles. The summed E-state index contributed by atoms with van der Waals surface area (Å²) in [7, 11) is 0. The van der Waals surface area contributed by atoms with Crippen molar-refractivity contribution in [2.45, 2.75) is 39.8 Å². The molecule has 4 aromatic rings. The summed E-state index contributed by atoms with van der Waals surface area (Å²) in [5.41, 5.74) is 4.77. The molecular formula is C27H29N3O2. The number of ether oxygens (including phenoxy) is 1. The largest absolute Gasteiger partial charge is 0.493 e. The zero-order valence-electron chi connectivity index (χ0n) is 18.8. The number of rotatable bonds is 8. The number of hydrogen-bond donors (Lipinski definition) is 1. The highest BCUT2D eigenvalue weighted by Crippen LogP contribution is 2.22. The molecule has 32 heavy (non-hydrogen) atoms. The number of fused-ring (bicyclic) bond motifs is 1. The van der Waals surface area contributed by atoms with Crippen LogP contribution in [-0.4, -0.2) is 22.1 Å². The number of nitrogens with zero attached hydrogens (tertiary/aromatic N) is 2. The maximum Gasteiger partial charge on any atom is 0.252 e. The summed E-state index contributed by atoms with van der Waals surface area (Å²) in [5, 5.41) is 3.12. The minimum atomic E-state index is -0.230. The van der Waals surface area contributed by atoms with Gasteiger partial charge in [0.2, 0.25) is 0 Å². The number of aromatic nitrogens is 2. The summed E-state index contributed by atoms with van der Waals surface area (Å²) in [6, 6.07) is 23.5. The molecule has 1 atom stereocenters. The summed E-state index contributed by atoms with van der Waals surface area (Å²) in [5.74, 6) is 1.68. The average Bonchev–Trinajstić information content (AvgIpc) is 3.17. The Labute approximate surface area is 189 Å². The van der Waals surface area contributed by atoms with Crippen molar-refractivity contribution in [3.8, 4) is 5.75 Å². The van der Waals surface area contributed by atoms with Crippen LogP contribution in [0.25, 0.3) is 11.0 Å². The van der Waals surface area contributed by atoms with E-state index >= 15 is 0 Å². The van der Waals surface area contributed by atoms with Crippen molar-refractivity contribution in [1.29, 1.82) is 0 Å². The van der Waals surface area contributed by atoms with Crippen LogP contribution in [0.3, 0.4) is 0 Å². The van der Waals surface area contributed by atoms with E-state index in [1.54, 1.807) is 0 Å². The number of amides is 1. The van der Waals surface area contributed by atoms with E-state index in [9.17, 15) is 4.79 Å². The molecule has 1 unspecified atom stereocenters. The summed E-state index contributed by atoms with van der Waals surface area (Å²) in [6.07, 6.45) is 0.833. The molecule has 1 N–H and O–H groups in total. The van der Waals surface area contributed by atoms with Gasteiger partial charge in [0.25, 0.3) is 5.91 Å².